The van der Waals surface area contributed by atoms with Crippen LogP contribution >= 0.6 is 0 Å². The molecular weight excluding hydrogens is 180 g/mol. The molecule has 1 aromatic heterocycles. The highest BCUT2D eigenvalue weighted by atomic mass is 16.5. The van der Waals surface area contributed by atoms with Gasteiger partial charge < -0.3 is 9.42 Å². The third-order valence-electron chi connectivity index (χ3n) is 2.30. The summed E-state index contributed by atoms with van der Waals surface area (Å²) in [6, 6.07) is 2.05. The minimum absolute atomic E-state index is 0.432. The molecule has 1 aromatic rings. The molecule has 0 aromatic carbocycles. The molecule has 0 saturated carbocycles. The monoisotopic (exact) mass is 192 g/mol. The molecule has 0 atom stereocenters. The highest BCUT2D eigenvalue weighted by molar-refractivity contribution is 5.28. The van der Waals surface area contributed by atoms with Gasteiger partial charge in [-0.3, -0.25) is 0 Å². The van der Waals surface area contributed by atoms with Crippen LogP contribution in [0.4, 0.5) is 5.95 Å². The van der Waals surface area contributed by atoms with E-state index in [0.29, 0.717) is 24.7 Å². The molecule has 0 bridgehead atoms. The van der Waals surface area contributed by atoms with Crippen LogP contribution in [0.1, 0.15) is 25.2 Å². The highest BCUT2D eigenvalue weighted by Crippen LogP contribution is 2.16. The van der Waals surface area contributed by atoms with Gasteiger partial charge in [0.15, 0.2) is 0 Å². The van der Waals surface area contributed by atoms with Crippen LogP contribution in [-0.4, -0.2) is 23.2 Å². The van der Waals surface area contributed by atoms with Gasteiger partial charge in [0, 0.05) is 25.9 Å². The van der Waals surface area contributed by atoms with Crippen LogP contribution < -0.4 is 4.90 Å². The van der Waals surface area contributed by atoms with Gasteiger partial charge in [0.05, 0.1) is 6.07 Å². The summed E-state index contributed by atoms with van der Waals surface area (Å²) in [6.45, 7) is 2.02. The number of aryl methyl sites for hydroxylation is 1. The summed E-state index contributed by atoms with van der Waals surface area (Å²) in [5.74, 6) is 1.24. The van der Waals surface area contributed by atoms with Crippen LogP contribution in [0.25, 0.3) is 0 Å². The molecule has 0 unspecified atom stereocenters. The first kappa shape index (κ1) is 9.00. The van der Waals surface area contributed by atoms with Crippen molar-refractivity contribution in [2.24, 2.45) is 0 Å². The van der Waals surface area contributed by atoms with Crippen LogP contribution in [0.3, 0.4) is 0 Å². The van der Waals surface area contributed by atoms with Gasteiger partial charge in [-0.25, -0.2) is 0 Å². The lowest BCUT2D eigenvalue weighted by Crippen LogP contribution is -2.18. The topological polar surface area (TPSA) is 66.0 Å². The number of nitrogens with zero attached hydrogens (tertiary/aromatic N) is 4. The number of nitriles is 1. The van der Waals surface area contributed by atoms with Gasteiger partial charge in [0.1, 0.15) is 0 Å². The van der Waals surface area contributed by atoms with E-state index in [-0.39, 0.29) is 0 Å². The van der Waals surface area contributed by atoms with Gasteiger partial charge in [-0.15, -0.1) is 0 Å². The minimum atomic E-state index is 0.432. The predicted octanol–water partition coefficient (Wildman–Crippen LogP) is 1.13. The molecule has 0 radical (unpaired) electrons. The Bertz CT molecular complexity index is 335. The first-order chi connectivity index (χ1) is 6.90. The van der Waals surface area contributed by atoms with Crippen molar-refractivity contribution in [3.63, 3.8) is 0 Å². The molecule has 0 amide bonds. The van der Waals surface area contributed by atoms with Crippen LogP contribution in [0.5, 0.6) is 0 Å². The Morgan fingerprint density at radius 2 is 2.21 bits per heavy atom. The maximum Gasteiger partial charge on any atom is 0.266 e. The summed E-state index contributed by atoms with van der Waals surface area (Å²) in [6.07, 6.45) is 3.38. The smallest absolute Gasteiger partial charge is 0.266 e. The fourth-order valence-corrected chi connectivity index (χ4v) is 1.56. The number of rotatable bonds is 3. The zero-order chi connectivity index (χ0) is 9.80. The van der Waals surface area contributed by atoms with Gasteiger partial charge in [0.2, 0.25) is 5.89 Å². The lowest BCUT2D eigenvalue weighted by molar-refractivity contribution is 0.378. The summed E-state index contributed by atoms with van der Waals surface area (Å²) in [5, 5.41) is 12.3. The highest BCUT2D eigenvalue weighted by Gasteiger charge is 2.17. The molecule has 1 aliphatic heterocycles. The summed E-state index contributed by atoms with van der Waals surface area (Å²) >= 11 is 0. The van der Waals surface area contributed by atoms with Gasteiger partial charge in [-0.1, -0.05) is 0 Å². The van der Waals surface area contributed by atoms with E-state index < -0.39 is 0 Å². The quantitative estimate of drug-likeness (QED) is 0.718. The van der Waals surface area contributed by atoms with E-state index >= 15 is 0 Å². The third kappa shape index (κ3) is 1.84. The molecule has 0 spiro atoms. The SMILES string of the molecule is N#CCCc1nc(N2CCCC2)no1. The van der Waals surface area contributed by atoms with Crippen LogP contribution in [0.15, 0.2) is 4.52 Å². The molecule has 0 aliphatic carbocycles. The van der Waals surface area contributed by atoms with Gasteiger partial charge in [-0.2, -0.15) is 10.2 Å². The zero-order valence-electron chi connectivity index (χ0n) is 7.94. The number of hydrogen-bond donors (Lipinski definition) is 0. The summed E-state index contributed by atoms with van der Waals surface area (Å²) < 4.78 is 5.03. The third-order valence-corrected chi connectivity index (χ3v) is 2.30. The van der Waals surface area contributed by atoms with Crippen molar-refractivity contribution in [3.8, 4) is 6.07 Å². The molecule has 74 valence electrons. The largest absolute Gasteiger partial charge is 0.338 e. The van der Waals surface area contributed by atoms with Crippen molar-refractivity contribution < 1.29 is 4.52 Å². The van der Waals surface area contributed by atoms with Gasteiger partial charge >= 0.3 is 0 Å². The molecule has 2 heterocycles. The summed E-state index contributed by atoms with van der Waals surface area (Å²) in [5.41, 5.74) is 0. The van der Waals surface area contributed by atoms with Crippen molar-refractivity contribution in [3.05, 3.63) is 5.89 Å². The number of hydrogen-bond acceptors (Lipinski definition) is 5. The Morgan fingerprint density at radius 3 is 2.93 bits per heavy atom. The summed E-state index contributed by atoms with van der Waals surface area (Å²) in [7, 11) is 0. The number of aromatic nitrogens is 2. The lowest BCUT2D eigenvalue weighted by Gasteiger charge is -2.09. The average molecular weight is 192 g/mol. The number of anilines is 1. The van der Waals surface area contributed by atoms with E-state index in [1.165, 1.54) is 12.8 Å². The first-order valence-corrected chi connectivity index (χ1v) is 4.84. The zero-order valence-corrected chi connectivity index (χ0v) is 7.94. The molecule has 5 heteroatoms. The Labute approximate surface area is 82.3 Å². The van der Waals surface area contributed by atoms with Crippen molar-refractivity contribution in [2.75, 3.05) is 18.0 Å². The maximum atomic E-state index is 8.40. The second-order valence-electron chi connectivity index (χ2n) is 3.34. The van der Waals surface area contributed by atoms with Crippen LogP contribution in [-0.2, 0) is 6.42 Å². The van der Waals surface area contributed by atoms with E-state index in [0.717, 1.165) is 13.1 Å². The average Bonchev–Trinajstić information content (AvgIpc) is 2.85. The fourth-order valence-electron chi connectivity index (χ4n) is 1.56. The second-order valence-corrected chi connectivity index (χ2v) is 3.34. The molecule has 1 fully saturated rings. The Balaban J connectivity index is 1.98. The van der Waals surface area contributed by atoms with E-state index in [4.69, 9.17) is 9.78 Å². The minimum Gasteiger partial charge on any atom is -0.338 e. The Morgan fingerprint density at radius 1 is 1.43 bits per heavy atom. The molecule has 1 aliphatic rings. The van der Waals surface area contributed by atoms with Crippen LogP contribution in [0.2, 0.25) is 0 Å². The second kappa shape index (κ2) is 4.09. The molecule has 2 rings (SSSR count). The standard InChI is InChI=1S/C9H12N4O/c10-5-3-4-8-11-9(12-14-8)13-6-1-2-7-13/h1-4,6-7H2. The Kier molecular flexibility index (Phi) is 2.63. The van der Waals surface area contributed by atoms with Crippen molar-refractivity contribution >= 4 is 5.95 Å². The fraction of sp³-hybridized carbons (Fsp3) is 0.667. The molecule has 14 heavy (non-hydrogen) atoms. The van der Waals surface area contributed by atoms with E-state index in [2.05, 4.69) is 21.1 Å². The molecule has 1 saturated heterocycles. The normalized spacial score (nSPS) is 15.8. The maximum absolute atomic E-state index is 8.40. The van der Waals surface area contributed by atoms with E-state index in [1.807, 2.05) is 0 Å². The Hall–Kier alpha value is -1.57. The van der Waals surface area contributed by atoms with Crippen molar-refractivity contribution in [1.82, 2.24) is 10.1 Å². The summed E-state index contributed by atoms with van der Waals surface area (Å²) in [4.78, 5) is 6.34. The van der Waals surface area contributed by atoms with Crippen molar-refractivity contribution in [1.29, 1.82) is 5.26 Å². The molecule has 0 N–H and O–H groups in total. The van der Waals surface area contributed by atoms with Gasteiger partial charge in [-0.05, 0) is 18.0 Å². The predicted molar refractivity (Wildman–Crippen MR) is 49.7 cm³/mol. The van der Waals surface area contributed by atoms with Gasteiger partial charge in [0.25, 0.3) is 5.95 Å². The molecular formula is C9H12N4O. The van der Waals surface area contributed by atoms with E-state index in [1.54, 1.807) is 0 Å². The van der Waals surface area contributed by atoms with Crippen LogP contribution in [0, 0.1) is 11.3 Å². The first-order valence-electron chi connectivity index (χ1n) is 4.84. The molecule has 5 nitrogen and oxygen atoms in total. The lowest BCUT2D eigenvalue weighted by atomic mass is 10.3. The van der Waals surface area contributed by atoms with Crippen molar-refractivity contribution in [2.45, 2.75) is 25.7 Å². The van der Waals surface area contributed by atoms with E-state index in [9.17, 15) is 0 Å².